The number of aromatic nitrogens is 2. The molecule has 0 amide bonds. The molecule has 0 radical (unpaired) electrons. The van der Waals surface area contributed by atoms with Crippen molar-refractivity contribution in [1.82, 2.24) is 9.97 Å². The van der Waals surface area contributed by atoms with Crippen molar-refractivity contribution in [3.05, 3.63) is 53.6 Å². The molecule has 16 heavy (non-hydrogen) atoms. The van der Waals surface area contributed by atoms with E-state index >= 15 is 0 Å². The Balaban J connectivity index is 2.34. The first-order valence-corrected chi connectivity index (χ1v) is 4.71. The third-order valence-corrected chi connectivity index (χ3v) is 2.24. The van der Waals surface area contributed by atoms with E-state index in [4.69, 9.17) is 0 Å². The van der Waals surface area contributed by atoms with Crippen molar-refractivity contribution in [3.63, 3.8) is 0 Å². The number of imidazole rings is 1. The highest BCUT2D eigenvalue weighted by Gasteiger charge is 2.32. The van der Waals surface area contributed by atoms with E-state index in [9.17, 15) is 13.2 Å². The van der Waals surface area contributed by atoms with Gasteiger partial charge in [0.25, 0.3) is 0 Å². The molecule has 0 unspecified atom stereocenters. The van der Waals surface area contributed by atoms with Gasteiger partial charge in [0.2, 0.25) is 0 Å². The summed E-state index contributed by atoms with van der Waals surface area (Å²) in [7, 11) is 0. The topological polar surface area (TPSA) is 28.7 Å². The SMILES string of the molecule is FC(F)(F)c1ccccc1Cc1ncc[nH]1. The van der Waals surface area contributed by atoms with E-state index in [1.54, 1.807) is 12.3 Å². The van der Waals surface area contributed by atoms with Gasteiger partial charge in [0, 0.05) is 18.8 Å². The number of H-pyrrole nitrogens is 1. The van der Waals surface area contributed by atoms with Gasteiger partial charge >= 0.3 is 6.18 Å². The van der Waals surface area contributed by atoms with E-state index in [0.29, 0.717) is 5.82 Å². The summed E-state index contributed by atoms with van der Waals surface area (Å²) in [6.45, 7) is 0. The van der Waals surface area contributed by atoms with Crippen LogP contribution in [0.15, 0.2) is 36.7 Å². The Morgan fingerprint density at radius 2 is 1.94 bits per heavy atom. The molecule has 2 nitrogen and oxygen atoms in total. The van der Waals surface area contributed by atoms with Gasteiger partial charge in [-0.25, -0.2) is 4.98 Å². The van der Waals surface area contributed by atoms with Gasteiger partial charge < -0.3 is 4.98 Å². The van der Waals surface area contributed by atoms with Crippen LogP contribution < -0.4 is 0 Å². The molecule has 0 fully saturated rings. The Bertz CT molecular complexity index is 460. The molecule has 0 aliphatic rings. The van der Waals surface area contributed by atoms with Gasteiger partial charge in [-0.05, 0) is 11.6 Å². The number of nitrogens with zero attached hydrogens (tertiary/aromatic N) is 1. The molecule has 0 aliphatic carbocycles. The molecule has 0 bridgehead atoms. The van der Waals surface area contributed by atoms with Crippen LogP contribution >= 0.6 is 0 Å². The first-order valence-electron chi connectivity index (χ1n) is 4.71. The van der Waals surface area contributed by atoms with Crippen molar-refractivity contribution in [2.75, 3.05) is 0 Å². The molecular weight excluding hydrogens is 217 g/mol. The highest BCUT2D eigenvalue weighted by molar-refractivity contribution is 5.31. The number of nitrogens with one attached hydrogen (secondary N) is 1. The van der Waals surface area contributed by atoms with E-state index in [2.05, 4.69) is 9.97 Å². The van der Waals surface area contributed by atoms with Crippen molar-refractivity contribution < 1.29 is 13.2 Å². The number of halogens is 3. The lowest BCUT2D eigenvalue weighted by atomic mass is 10.0. The van der Waals surface area contributed by atoms with Gasteiger partial charge in [-0.15, -0.1) is 0 Å². The predicted octanol–water partition coefficient (Wildman–Crippen LogP) is 3.02. The summed E-state index contributed by atoms with van der Waals surface area (Å²) in [5.41, 5.74) is -0.378. The summed E-state index contributed by atoms with van der Waals surface area (Å²) in [6.07, 6.45) is -1.05. The summed E-state index contributed by atoms with van der Waals surface area (Å²) in [5.74, 6) is 0.525. The lowest BCUT2D eigenvalue weighted by Crippen LogP contribution is -2.09. The van der Waals surface area contributed by atoms with Crippen LogP contribution in [0.3, 0.4) is 0 Å². The second-order valence-electron chi connectivity index (χ2n) is 3.37. The van der Waals surface area contributed by atoms with Gasteiger partial charge in [0.15, 0.2) is 0 Å². The Hall–Kier alpha value is -1.78. The molecule has 1 heterocycles. The van der Waals surface area contributed by atoms with Crippen LogP contribution in [0.5, 0.6) is 0 Å². The highest BCUT2D eigenvalue weighted by Crippen LogP contribution is 2.32. The molecule has 0 spiro atoms. The fourth-order valence-electron chi connectivity index (χ4n) is 1.53. The molecule has 1 aromatic heterocycles. The second kappa shape index (κ2) is 4.00. The maximum atomic E-state index is 12.6. The smallest absolute Gasteiger partial charge is 0.348 e. The van der Waals surface area contributed by atoms with Crippen molar-refractivity contribution in [3.8, 4) is 0 Å². The van der Waals surface area contributed by atoms with E-state index in [0.717, 1.165) is 6.07 Å². The van der Waals surface area contributed by atoms with E-state index in [1.165, 1.54) is 18.3 Å². The van der Waals surface area contributed by atoms with Gasteiger partial charge in [-0.2, -0.15) is 13.2 Å². The summed E-state index contributed by atoms with van der Waals surface area (Å²) >= 11 is 0. The first kappa shape index (κ1) is 10.7. The molecule has 1 N–H and O–H groups in total. The molecule has 2 rings (SSSR count). The van der Waals surface area contributed by atoms with Crippen molar-refractivity contribution >= 4 is 0 Å². The minimum atomic E-state index is -4.32. The maximum Gasteiger partial charge on any atom is 0.416 e. The Kier molecular flexibility index (Phi) is 2.68. The number of alkyl halides is 3. The highest BCUT2D eigenvalue weighted by atomic mass is 19.4. The Morgan fingerprint density at radius 1 is 1.19 bits per heavy atom. The lowest BCUT2D eigenvalue weighted by Gasteiger charge is -2.11. The molecule has 2 aromatic rings. The number of hydrogen-bond donors (Lipinski definition) is 1. The number of aromatic amines is 1. The second-order valence-corrected chi connectivity index (χ2v) is 3.37. The van der Waals surface area contributed by atoms with Crippen molar-refractivity contribution in [2.45, 2.75) is 12.6 Å². The largest absolute Gasteiger partial charge is 0.416 e. The fourth-order valence-corrected chi connectivity index (χ4v) is 1.53. The zero-order chi connectivity index (χ0) is 11.6. The van der Waals surface area contributed by atoms with Gasteiger partial charge in [0.1, 0.15) is 5.82 Å². The van der Waals surface area contributed by atoms with E-state index < -0.39 is 11.7 Å². The summed E-state index contributed by atoms with van der Waals surface area (Å²) in [5, 5.41) is 0. The Labute approximate surface area is 90.1 Å². The van der Waals surface area contributed by atoms with Gasteiger partial charge in [-0.1, -0.05) is 18.2 Å². The van der Waals surface area contributed by atoms with E-state index in [1.807, 2.05) is 0 Å². The van der Waals surface area contributed by atoms with Crippen LogP contribution in [0.2, 0.25) is 0 Å². The third-order valence-electron chi connectivity index (χ3n) is 2.24. The fraction of sp³-hybridized carbons (Fsp3) is 0.182. The standard InChI is InChI=1S/C11H9F3N2/c12-11(13,14)9-4-2-1-3-8(9)7-10-15-5-6-16-10/h1-6H,7H2,(H,15,16). The zero-order valence-electron chi connectivity index (χ0n) is 8.25. The average molecular weight is 226 g/mol. The van der Waals surface area contributed by atoms with Crippen LogP contribution in [0.4, 0.5) is 13.2 Å². The molecular formula is C11H9F3N2. The lowest BCUT2D eigenvalue weighted by molar-refractivity contribution is -0.138. The zero-order valence-corrected chi connectivity index (χ0v) is 8.25. The van der Waals surface area contributed by atoms with Crippen LogP contribution in [0.25, 0.3) is 0 Å². The van der Waals surface area contributed by atoms with Crippen LogP contribution in [-0.4, -0.2) is 9.97 Å². The Morgan fingerprint density at radius 3 is 2.56 bits per heavy atom. The first-order chi connectivity index (χ1) is 7.57. The molecule has 0 saturated carbocycles. The minimum absolute atomic E-state index is 0.155. The number of benzene rings is 1. The third kappa shape index (κ3) is 2.24. The average Bonchev–Trinajstić information content (AvgIpc) is 2.70. The molecule has 5 heteroatoms. The number of hydrogen-bond acceptors (Lipinski definition) is 1. The van der Waals surface area contributed by atoms with Gasteiger partial charge in [-0.3, -0.25) is 0 Å². The molecule has 0 aliphatic heterocycles. The quantitative estimate of drug-likeness (QED) is 0.837. The molecule has 0 saturated heterocycles. The molecule has 1 aromatic carbocycles. The number of rotatable bonds is 2. The van der Waals surface area contributed by atoms with E-state index in [-0.39, 0.29) is 12.0 Å². The minimum Gasteiger partial charge on any atom is -0.348 e. The van der Waals surface area contributed by atoms with Gasteiger partial charge in [0.05, 0.1) is 5.56 Å². The summed E-state index contributed by atoms with van der Waals surface area (Å²) in [6, 6.07) is 5.52. The predicted molar refractivity (Wildman–Crippen MR) is 52.8 cm³/mol. The monoisotopic (exact) mass is 226 g/mol. The summed E-state index contributed by atoms with van der Waals surface area (Å²) < 4.78 is 37.9. The maximum absolute atomic E-state index is 12.6. The van der Waals surface area contributed by atoms with Crippen LogP contribution in [0.1, 0.15) is 17.0 Å². The van der Waals surface area contributed by atoms with Crippen LogP contribution in [-0.2, 0) is 12.6 Å². The summed E-state index contributed by atoms with van der Waals surface area (Å²) in [4.78, 5) is 6.70. The molecule has 84 valence electrons. The van der Waals surface area contributed by atoms with Crippen molar-refractivity contribution in [1.29, 1.82) is 0 Å². The van der Waals surface area contributed by atoms with Crippen LogP contribution in [0, 0.1) is 0 Å². The van der Waals surface area contributed by atoms with Crippen molar-refractivity contribution in [2.24, 2.45) is 0 Å². The molecule has 0 atom stereocenters. The normalized spacial score (nSPS) is 11.7.